The molecule has 2 rings (SSSR count). The third-order valence-electron chi connectivity index (χ3n) is 2.56. The molecule has 0 aliphatic rings. The maximum atomic E-state index is 13.2. The van der Waals surface area contributed by atoms with Gasteiger partial charge in [-0.2, -0.15) is 4.98 Å². The zero-order chi connectivity index (χ0) is 12.4. The van der Waals surface area contributed by atoms with Crippen LogP contribution in [0.5, 0.6) is 5.88 Å². The maximum Gasteiger partial charge on any atom is 0.219 e. The monoisotopic (exact) mass is 232 g/mol. The molecule has 0 fully saturated rings. The van der Waals surface area contributed by atoms with Crippen LogP contribution in [0.4, 0.5) is 4.39 Å². The molecule has 0 saturated heterocycles. The molecule has 1 aromatic heterocycles. The molecule has 0 bridgehead atoms. The Balaban J connectivity index is 2.56. The van der Waals surface area contributed by atoms with E-state index in [1.54, 1.807) is 19.4 Å². The Bertz CT molecular complexity index is 555. The lowest BCUT2D eigenvalue weighted by Crippen LogP contribution is -1.97. The minimum Gasteiger partial charge on any atom is -0.481 e. The van der Waals surface area contributed by atoms with Gasteiger partial charge in [0.2, 0.25) is 5.88 Å². The Kier molecular flexibility index (Phi) is 3.04. The molecule has 88 valence electrons. The summed E-state index contributed by atoms with van der Waals surface area (Å²) in [7, 11) is 1.55. The lowest BCUT2D eigenvalue weighted by atomic mass is 10.1. The Morgan fingerprint density at radius 2 is 1.94 bits per heavy atom. The van der Waals surface area contributed by atoms with Gasteiger partial charge in [-0.1, -0.05) is 6.07 Å². The summed E-state index contributed by atoms with van der Waals surface area (Å²) in [5.74, 6) is 0.692. The van der Waals surface area contributed by atoms with Gasteiger partial charge in [0.15, 0.2) is 5.82 Å². The van der Waals surface area contributed by atoms with Crippen molar-refractivity contribution < 1.29 is 9.13 Å². The molecule has 0 spiro atoms. The van der Waals surface area contributed by atoms with E-state index in [9.17, 15) is 4.39 Å². The molecule has 3 nitrogen and oxygen atoms in total. The molecule has 0 saturated carbocycles. The SMILES string of the molecule is COc1nc(-c2cc(F)ccc2C)ncc1C. The summed E-state index contributed by atoms with van der Waals surface area (Å²) in [5, 5.41) is 0. The van der Waals surface area contributed by atoms with Gasteiger partial charge in [-0.15, -0.1) is 0 Å². The summed E-state index contributed by atoms with van der Waals surface area (Å²) in [6, 6.07) is 4.56. The summed E-state index contributed by atoms with van der Waals surface area (Å²) in [5.41, 5.74) is 2.46. The highest BCUT2D eigenvalue weighted by Gasteiger charge is 2.09. The number of halogens is 1. The van der Waals surface area contributed by atoms with Crippen molar-refractivity contribution in [2.75, 3.05) is 7.11 Å². The smallest absolute Gasteiger partial charge is 0.219 e. The number of benzene rings is 1. The first-order valence-electron chi connectivity index (χ1n) is 5.26. The van der Waals surface area contributed by atoms with Gasteiger partial charge in [-0.25, -0.2) is 9.37 Å². The summed E-state index contributed by atoms with van der Waals surface area (Å²) < 4.78 is 18.3. The second kappa shape index (κ2) is 4.49. The van der Waals surface area contributed by atoms with Crippen LogP contribution in [0.1, 0.15) is 11.1 Å². The third kappa shape index (κ3) is 2.25. The lowest BCUT2D eigenvalue weighted by molar-refractivity contribution is 0.394. The summed E-state index contributed by atoms with van der Waals surface area (Å²) >= 11 is 0. The molecule has 1 aromatic carbocycles. The number of aryl methyl sites for hydroxylation is 2. The minimum absolute atomic E-state index is 0.297. The van der Waals surface area contributed by atoms with Crippen molar-refractivity contribution in [2.24, 2.45) is 0 Å². The topological polar surface area (TPSA) is 35.0 Å². The van der Waals surface area contributed by atoms with Gasteiger partial charge in [-0.05, 0) is 31.5 Å². The van der Waals surface area contributed by atoms with Crippen LogP contribution < -0.4 is 4.74 Å². The lowest BCUT2D eigenvalue weighted by Gasteiger charge is -2.07. The van der Waals surface area contributed by atoms with Gasteiger partial charge in [0.1, 0.15) is 5.82 Å². The number of hydrogen-bond donors (Lipinski definition) is 0. The first-order chi connectivity index (χ1) is 8.11. The molecular formula is C13H13FN2O. The van der Waals surface area contributed by atoms with E-state index in [1.807, 2.05) is 13.8 Å². The Morgan fingerprint density at radius 3 is 2.65 bits per heavy atom. The van der Waals surface area contributed by atoms with Gasteiger partial charge in [-0.3, -0.25) is 0 Å². The molecule has 0 radical (unpaired) electrons. The molecule has 0 amide bonds. The van der Waals surface area contributed by atoms with E-state index in [-0.39, 0.29) is 5.82 Å². The van der Waals surface area contributed by atoms with Crippen LogP contribution in [-0.2, 0) is 0 Å². The molecule has 0 aliphatic heterocycles. The fourth-order valence-electron chi connectivity index (χ4n) is 1.60. The first kappa shape index (κ1) is 11.5. The summed E-state index contributed by atoms with van der Waals surface area (Å²) in [6.45, 7) is 3.76. The second-order valence-electron chi connectivity index (χ2n) is 3.85. The van der Waals surface area contributed by atoms with Crippen LogP contribution in [0.2, 0.25) is 0 Å². The highest BCUT2D eigenvalue weighted by molar-refractivity contribution is 5.60. The van der Waals surface area contributed by atoms with E-state index < -0.39 is 0 Å². The van der Waals surface area contributed by atoms with Crippen molar-refractivity contribution in [1.82, 2.24) is 9.97 Å². The van der Waals surface area contributed by atoms with Crippen LogP contribution in [0.15, 0.2) is 24.4 Å². The minimum atomic E-state index is -0.297. The average molecular weight is 232 g/mol. The van der Waals surface area contributed by atoms with Gasteiger partial charge < -0.3 is 4.74 Å². The van der Waals surface area contributed by atoms with Gasteiger partial charge in [0.25, 0.3) is 0 Å². The maximum absolute atomic E-state index is 13.2. The molecule has 4 heteroatoms. The predicted octanol–water partition coefficient (Wildman–Crippen LogP) is 2.91. The molecular weight excluding hydrogens is 219 g/mol. The second-order valence-corrected chi connectivity index (χ2v) is 3.85. The van der Waals surface area contributed by atoms with Gasteiger partial charge in [0, 0.05) is 17.3 Å². The molecule has 0 N–H and O–H groups in total. The molecule has 17 heavy (non-hydrogen) atoms. The third-order valence-corrected chi connectivity index (χ3v) is 2.56. The molecule has 2 aromatic rings. The highest BCUT2D eigenvalue weighted by Crippen LogP contribution is 2.23. The van der Waals surface area contributed by atoms with Crippen LogP contribution in [0.25, 0.3) is 11.4 Å². The molecule has 0 aliphatic carbocycles. The van der Waals surface area contributed by atoms with Gasteiger partial charge >= 0.3 is 0 Å². The van der Waals surface area contributed by atoms with Crippen molar-refractivity contribution in [1.29, 1.82) is 0 Å². The number of methoxy groups -OCH3 is 1. The van der Waals surface area contributed by atoms with Crippen molar-refractivity contribution in [3.05, 3.63) is 41.3 Å². The molecule has 0 atom stereocenters. The van der Waals surface area contributed by atoms with Crippen LogP contribution in [0, 0.1) is 19.7 Å². The molecule has 0 unspecified atom stereocenters. The van der Waals surface area contributed by atoms with Crippen LogP contribution >= 0.6 is 0 Å². The summed E-state index contributed by atoms with van der Waals surface area (Å²) in [4.78, 5) is 8.46. The fourth-order valence-corrected chi connectivity index (χ4v) is 1.60. The van der Waals surface area contributed by atoms with Crippen molar-refractivity contribution in [3.8, 4) is 17.3 Å². The largest absolute Gasteiger partial charge is 0.481 e. The van der Waals surface area contributed by atoms with Crippen molar-refractivity contribution >= 4 is 0 Å². The normalized spacial score (nSPS) is 10.4. The quantitative estimate of drug-likeness (QED) is 0.798. The number of nitrogens with zero attached hydrogens (tertiary/aromatic N) is 2. The standard InChI is InChI=1S/C13H13FN2O/c1-8-4-5-10(14)6-11(8)12-15-7-9(2)13(16-12)17-3/h4-7H,1-3H3. The highest BCUT2D eigenvalue weighted by atomic mass is 19.1. The van der Waals surface area contributed by atoms with E-state index in [2.05, 4.69) is 9.97 Å². The van der Waals surface area contributed by atoms with E-state index in [4.69, 9.17) is 4.74 Å². The van der Waals surface area contributed by atoms with Crippen molar-refractivity contribution in [3.63, 3.8) is 0 Å². The van der Waals surface area contributed by atoms with Crippen LogP contribution in [0.3, 0.4) is 0 Å². The van der Waals surface area contributed by atoms with E-state index in [0.717, 1.165) is 11.1 Å². The number of rotatable bonds is 2. The number of ether oxygens (including phenoxy) is 1. The van der Waals surface area contributed by atoms with E-state index >= 15 is 0 Å². The average Bonchev–Trinajstić information content (AvgIpc) is 2.33. The predicted molar refractivity (Wildman–Crippen MR) is 63.5 cm³/mol. The van der Waals surface area contributed by atoms with E-state index in [0.29, 0.717) is 17.3 Å². The Labute approximate surface area is 99.3 Å². The summed E-state index contributed by atoms with van der Waals surface area (Å²) in [6.07, 6.45) is 1.67. The molecule has 1 heterocycles. The van der Waals surface area contributed by atoms with Crippen LogP contribution in [-0.4, -0.2) is 17.1 Å². The van der Waals surface area contributed by atoms with Gasteiger partial charge in [0.05, 0.1) is 7.11 Å². The van der Waals surface area contributed by atoms with Crippen molar-refractivity contribution in [2.45, 2.75) is 13.8 Å². The fraction of sp³-hybridized carbons (Fsp3) is 0.231. The number of hydrogen-bond acceptors (Lipinski definition) is 3. The van der Waals surface area contributed by atoms with E-state index in [1.165, 1.54) is 12.1 Å². The Hall–Kier alpha value is -1.97. The Morgan fingerprint density at radius 1 is 1.18 bits per heavy atom. The zero-order valence-corrected chi connectivity index (χ0v) is 9.99. The first-order valence-corrected chi connectivity index (χ1v) is 5.26. The zero-order valence-electron chi connectivity index (χ0n) is 9.99. The number of aromatic nitrogens is 2.